The van der Waals surface area contributed by atoms with Crippen molar-refractivity contribution in [2.24, 2.45) is 5.92 Å². The van der Waals surface area contributed by atoms with E-state index in [1.54, 1.807) is 12.3 Å². The number of nitrogens with one attached hydrogen (secondary N) is 2. The molecular formula is C22H30N4O. The Balaban J connectivity index is 1.63. The van der Waals surface area contributed by atoms with Gasteiger partial charge in [0.25, 0.3) is 5.91 Å². The van der Waals surface area contributed by atoms with Gasteiger partial charge in [0.15, 0.2) is 0 Å². The lowest BCUT2D eigenvalue weighted by Crippen LogP contribution is -2.32. The van der Waals surface area contributed by atoms with Crippen molar-refractivity contribution in [1.82, 2.24) is 10.3 Å². The number of carbonyl (C=O) groups excluding carboxylic acids is 1. The summed E-state index contributed by atoms with van der Waals surface area (Å²) in [5.74, 6) is 0.697. The predicted molar refractivity (Wildman–Crippen MR) is 112 cm³/mol. The van der Waals surface area contributed by atoms with E-state index in [4.69, 9.17) is 0 Å². The summed E-state index contributed by atoms with van der Waals surface area (Å²) >= 11 is 0. The van der Waals surface area contributed by atoms with E-state index in [9.17, 15) is 4.79 Å². The number of hydrogen-bond acceptors (Lipinski definition) is 4. The SMILES string of the molecule is CCC(C)NC(=O)c1cc(Nc2ccc(N3CCC(C)CC3)cc2)ccn1. The molecular weight excluding hydrogens is 336 g/mol. The van der Waals surface area contributed by atoms with Crippen LogP contribution in [-0.4, -0.2) is 30.0 Å². The first-order valence-electron chi connectivity index (χ1n) is 9.94. The maximum absolute atomic E-state index is 12.3. The van der Waals surface area contributed by atoms with Crippen LogP contribution in [0.5, 0.6) is 0 Å². The third kappa shape index (κ3) is 5.22. The van der Waals surface area contributed by atoms with Gasteiger partial charge in [-0.15, -0.1) is 0 Å². The van der Waals surface area contributed by atoms with Crippen molar-refractivity contribution < 1.29 is 4.79 Å². The van der Waals surface area contributed by atoms with Crippen LogP contribution >= 0.6 is 0 Å². The van der Waals surface area contributed by atoms with Gasteiger partial charge in [0.2, 0.25) is 0 Å². The zero-order chi connectivity index (χ0) is 19.2. The Morgan fingerprint density at radius 1 is 1.19 bits per heavy atom. The van der Waals surface area contributed by atoms with Gasteiger partial charge in [0.05, 0.1) is 0 Å². The van der Waals surface area contributed by atoms with Crippen LogP contribution in [0.1, 0.15) is 50.5 Å². The average Bonchev–Trinajstić information content (AvgIpc) is 2.69. The molecule has 5 nitrogen and oxygen atoms in total. The van der Waals surface area contributed by atoms with Crippen molar-refractivity contribution in [2.45, 2.75) is 46.1 Å². The molecule has 1 fully saturated rings. The summed E-state index contributed by atoms with van der Waals surface area (Å²) in [6.45, 7) is 8.63. The van der Waals surface area contributed by atoms with Crippen molar-refractivity contribution in [2.75, 3.05) is 23.3 Å². The first kappa shape index (κ1) is 19.2. The Morgan fingerprint density at radius 3 is 2.56 bits per heavy atom. The molecule has 5 heteroatoms. The number of hydrogen-bond donors (Lipinski definition) is 2. The molecule has 1 aliphatic heterocycles. The summed E-state index contributed by atoms with van der Waals surface area (Å²) < 4.78 is 0. The number of rotatable bonds is 6. The molecule has 2 heterocycles. The molecule has 0 radical (unpaired) electrons. The maximum Gasteiger partial charge on any atom is 0.270 e. The molecule has 1 aliphatic rings. The minimum atomic E-state index is -0.136. The number of anilines is 3. The second kappa shape index (κ2) is 8.89. The van der Waals surface area contributed by atoms with Gasteiger partial charge in [-0.2, -0.15) is 0 Å². The molecule has 1 aromatic carbocycles. The Labute approximate surface area is 162 Å². The quantitative estimate of drug-likeness (QED) is 0.785. The molecule has 1 atom stereocenters. The molecule has 1 aromatic heterocycles. The highest BCUT2D eigenvalue weighted by atomic mass is 16.1. The van der Waals surface area contributed by atoms with Gasteiger partial charge >= 0.3 is 0 Å². The van der Waals surface area contributed by atoms with Crippen LogP contribution in [0.2, 0.25) is 0 Å². The monoisotopic (exact) mass is 366 g/mol. The fraction of sp³-hybridized carbons (Fsp3) is 0.455. The summed E-state index contributed by atoms with van der Waals surface area (Å²) in [6, 6.07) is 12.3. The van der Waals surface area contributed by atoms with Crippen molar-refractivity contribution in [1.29, 1.82) is 0 Å². The highest BCUT2D eigenvalue weighted by molar-refractivity contribution is 5.93. The van der Waals surface area contributed by atoms with Gasteiger partial charge in [-0.05, 0) is 68.5 Å². The smallest absolute Gasteiger partial charge is 0.270 e. The van der Waals surface area contributed by atoms with Crippen molar-refractivity contribution in [3.63, 3.8) is 0 Å². The lowest BCUT2D eigenvalue weighted by atomic mass is 9.99. The van der Waals surface area contributed by atoms with E-state index in [0.717, 1.165) is 36.8 Å². The molecule has 27 heavy (non-hydrogen) atoms. The van der Waals surface area contributed by atoms with Crippen LogP contribution in [-0.2, 0) is 0 Å². The predicted octanol–water partition coefficient (Wildman–Crippen LogP) is 4.59. The van der Waals surface area contributed by atoms with E-state index in [0.29, 0.717) is 5.69 Å². The van der Waals surface area contributed by atoms with Crippen LogP contribution in [0, 0.1) is 5.92 Å². The molecule has 0 spiro atoms. The summed E-state index contributed by atoms with van der Waals surface area (Å²) in [4.78, 5) is 18.9. The Kier molecular flexibility index (Phi) is 6.32. The molecule has 144 valence electrons. The molecule has 2 N–H and O–H groups in total. The zero-order valence-corrected chi connectivity index (χ0v) is 16.5. The molecule has 1 unspecified atom stereocenters. The normalized spacial score (nSPS) is 16.0. The number of benzene rings is 1. The molecule has 0 aliphatic carbocycles. The number of aromatic nitrogens is 1. The lowest BCUT2D eigenvalue weighted by Gasteiger charge is -2.32. The Hall–Kier alpha value is -2.56. The van der Waals surface area contributed by atoms with Gasteiger partial charge in [-0.3, -0.25) is 9.78 Å². The van der Waals surface area contributed by atoms with Crippen LogP contribution in [0.4, 0.5) is 17.1 Å². The van der Waals surface area contributed by atoms with Crippen LogP contribution in [0.25, 0.3) is 0 Å². The van der Waals surface area contributed by atoms with Crippen molar-refractivity contribution in [3.05, 3.63) is 48.3 Å². The number of pyridine rings is 1. The van der Waals surface area contributed by atoms with Gasteiger partial charge in [-0.25, -0.2) is 0 Å². The summed E-state index contributed by atoms with van der Waals surface area (Å²) in [5, 5.41) is 6.31. The van der Waals surface area contributed by atoms with Crippen LogP contribution < -0.4 is 15.5 Å². The minimum absolute atomic E-state index is 0.136. The van der Waals surface area contributed by atoms with Crippen LogP contribution in [0.15, 0.2) is 42.6 Å². The first-order chi connectivity index (χ1) is 13.0. The Bertz CT molecular complexity index is 751. The first-order valence-corrected chi connectivity index (χ1v) is 9.94. The third-order valence-electron chi connectivity index (χ3n) is 5.29. The van der Waals surface area contributed by atoms with Gasteiger partial charge in [-0.1, -0.05) is 13.8 Å². The molecule has 2 aromatic rings. The molecule has 1 amide bonds. The number of amides is 1. The third-order valence-corrected chi connectivity index (χ3v) is 5.29. The lowest BCUT2D eigenvalue weighted by molar-refractivity contribution is 0.0934. The fourth-order valence-electron chi connectivity index (χ4n) is 3.22. The van der Waals surface area contributed by atoms with E-state index in [-0.39, 0.29) is 11.9 Å². The van der Waals surface area contributed by atoms with E-state index < -0.39 is 0 Å². The van der Waals surface area contributed by atoms with Gasteiger partial charge in [0.1, 0.15) is 5.69 Å². The molecule has 1 saturated heterocycles. The fourth-order valence-corrected chi connectivity index (χ4v) is 3.22. The number of piperidine rings is 1. The average molecular weight is 367 g/mol. The standard InChI is InChI=1S/C22H30N4O/c1-4-17(3)24-22(27)21-15-19(9-12-23-21)25-18-5-7-20(8-6-18)26-13-10-16(2)11-14-26/h5-9,12,15-17H,4,10-11,13-14H2,1-3H3,(H,23,25)(H,24,27). The topological polar surface area (TPSA) is 57.3 Å². The summed E-state index contributed by atoms with van der Waals surface area (Å²) in [7, 11) is 0. The molecule has 0 saturated carbocycles. The largest absolute Gasteiger partial charge is 0.372 e. The zero-order valence-electron chi connectivity index (χ0n) is 16.5. The van der Waals surface area contributed by atoms with Crippen molar-refractivity contribution >= 4 is 23.0 Å². The van der Waals surface area contributed by atoms with Gasteiger partial charge < -0.3 is 15.5 Å². The van der Waals surface area contributed by atoms with E-state index in [2.05, 4.69) is 51.7 Å². The second-order valence-corrected chi connectivity index (χ2v) is 7.55. The summed E-state index contributed by atoms with van der Waals surface area (Å²) in [6.07, 6.45) is 5.08. The Morgan fingerprint density at radius 2 is 1.89 bits per heavy atom. The van der Waals surface area contributed by atoms with Crippen LogP contribution in [0.3, 0.4) is 0 Å². The number of carbonyl (C=O) groups is 1. The highest BCUT2D eigenvalue weighted by Crippen LogP contribution is 2.25. The van der Waals surface area contributed by atoms with E-state index >= 15 is 0 Å². The van der Waals surface area contributed by atoms with Gasteiger partial charge in [0, 0.05) is 42.4 Å². The van der Waals surface area contributed by atoms with E-state index in [1.807, 2.05) is 19.9 Å². The maximum atomic E-state index is 12.3. The molecule has 3 rings (SSSR count). The minimum Gasteiger partial charge on any atom is -0.372 e. The molecule has 0 bridgehead atoms. The van der Waals surface area contributed by atoms with E-state index in [1.165, 1.54) is 18.5 Å². The highest BCUT2D eigenvalue weighted by Gasteiger charge is 2.16. The van der Waals surface area contributed by atoms with Crippen molar-refractivity contribution in [3.8, 4) is 0 Å². The summed E-state index contributed by atoms with van der Waals surface area (Å²) in [5.41, 5.74) is 3.57. The second-order valence-electron chi connectivity index (χ2n) is 7.55. The number of nitrogens with zero attached hydrogens (tertiary/aromatic N) is 2.